The number of aryl methyl sites for hydroxylation is 2. The SMILES string of the molecule is COc1ccc(-n2nc(C)c3c(Cl)c(C(=O)Nc4cccc(C)c4)cnc32)cc1. The van der Waals surface area contributed by atoms with Crippen molar-refractivity contribution in [3.63, 3.8) is 0 Å². The molecule has 0 aliphatic carbocycles. The Hall–Kier alpha value is -3.38. The molecule has 2 heterocycles. The van der Waals surface area contributed by atoms with Crippen molar-refractivity contribution in [3.05, 3.63) is 76.6 Å². The normalized spacial score (nSPS) is 10.9. The van der Waals surface area contributed by atoms with Crippen LogP contribution in [0, 0.1) is 13.8 Å². The first-order valence-corrected chi connectivity index (χ1v) is 9.42. The molecule has 2 aromatic heterocycles. The fourth-order valence-corrected chi connectivity index (χ4v) is 3.55. The number of aromatic nitrogens is 3. The lowest BCUT2D eigenvalue weighted by molar-refractivity contribution is 0.102. The van der Waals surface area contributed by atoms with Gasteiger partial charge >= 0.3 is 0 Å². The zero-order valence-electron chi connectivity index (χ0n) is 16.2. The number of pyridine rings is 1. The van der Waals surface area contributed by atoms with Gasteiger partial charge in [-0.3, -0.25) is 4.79 Å². The van der Waals surface area contributed by atoms with Crippen LogP contribution in [0.15, 0.2) is 54.7 Å². The molecule has 4 aromatic rings. The van der Waals surface area contributed by atoms with Crippen LogP contribution in [0.25, 0.3) is 16.7 Å². The van der Waals surface area contributed by atoms with Crippen molar-refractivity contribution in [1.82, 2.24) is 14.8 Å². The van der Waals surface area contributed by atoms with E-state index in [9.17, 15) is 4.79 Å². The third-order valence-electron chi connectivity index (χ3n) is 4.65. The summed E-state index contributed by atoms with van der Waals surface area (Å²) in [6.45, 7) is 3.81. The number of hydrogen-bond acceptors (Lipinski definition) is 4. The van der Waals surface area contributed by atoms with Gasteiger partial charge in [0.05, 0.1) is 34.5 Å². The molecule has 146 valence electrons. The highest BCUT2D eigenvalue weighted by molar-refractivity contribution is 6.39. The molecule has 0 saturated carbocycles. The predicted molar refractivity (Wildman–Crippen MR) is 114 cm³/mol. The van der Waals surface area contributed by atoms with E-state index >= 15 is 0 Å². The summed E-state index contributed by atoms with van der Waals surface area (Å²) in [5.74, 6) is 0.439. The van der Waals surface area contributed by atoms with E-state index in [1.807, 2.05) is 62.4 Å². The highest BCUT2D eigenvalue weighted by Gasteiger charge is 2.20. The maximum absolute atomic E-state index is 12.8. The molecule has 1 N–H and O–H groups in total. The standard InChI is InChI=1S/C22H19ClN4O2/c1-13-5-4-6-15(11-13)25-22(28)18-12-24-21-19(20(18)23)14(2)26-27(21)16-7-9-17(29-3)10-8-16/h4-12H,1-3H3,(H,25,28). The second-order valence-electron chi connectivity index (χ2n) is 6.70. The molecule has 29 heavy (non-hydrogen) atoms. The van der Waals surface area contributed by atoms with E-state index in [0.717, 1.165) is 17.0 Å². The second kappa shape index (κ2) is 7.56. The second-order valence-corrected chi connectivity index (χ2v) is 7.08. The van der Waals surface area contributed by atoms with E-state index in [1.165, 1.54) is 6.20 Å². The van der Waals surface area contributed by atoms with E-state index in [2.05, 4.69) is 15.4 Å². The van der Waals surface area contributed by atoms with Crippen LogP contribution in [0.2, 0.25) is 5.02 Å². The summed E-state index contributed by atoms with van der Waals surface area (Å²) < 4.78 is 6.91. The minimum Gasteiger partial charge on any atom is -0.497 e. The Morgan fingerprint density at radius 1 is 1.14 bits per heavy atom. The van der Waals surface area contributed by atoms with Crippen LogP contribution in [-0.2, 0) is 0 Å². The molecule has 1 amide bonds. The highest BCUT2D eigenvalue weighted by atomic mass is 35.5. The van der Waals surface area contributed by atoms with Crippen LogP contribution in [0.5, 0.6) is 5.75 Å². The van der Waals surface area contributed by atoms with Gasteiger partial charge in [0.25, 0.3) is 5.91 Å². The molecule has 0 bridgehead atoms. The van der Waals surface area contributed by atoms with Gasteiger partial charge in [-0.1, -0.05) is 23.7 Å². The number of anilines is 1. The van der Waals surface area contributed by atoms with Crippen LogP contribution in [0.3, 0.4) is 0 Å². The first kappa shape index (κ1) is 19.0. The Morgan fingerprint density at radius 3 is 2.59 bits per heavy atom. The van der Waals surface area contributed by atoms with E-state index in [1.54, 1.807) is 11.8 Å². The number of benzene rings is 2. The lowest BCUT2D eigenvalue weighted by atomic mass is 10.1. The number of nitrogens with zero attached hydrogens (tertiary/aromatic N) is 3. The van der Waals surface area contributed by atoms with Crippen LogP contribution >= 0.6 is 11.6 Å². The average Bonchev–Trinajstić information content (AvgIpc) is 3.05. The molecule has 4 rings (SSSR count). The van der Waals surface area contributed by atoms with Gasteiger partial charge in [0, 0.05) is 11.9 Å². The van der Waals surface area contributed by atoms with Gasteiger partial charge in [0.1, 0.15) is 5.75 Å². The van der Waals surface area contributed by atoms with Crippen molar-refractivity contribution in [1.29, 1.82) is 0 Å². The summed E-state index contributed by atoms with van der Waals surface area (Å²) in [7, 11) is 1.62. The van der Waals surface area contributed by atoms with E-state index in [0.29, 0.717) is 33.0 Å². The molecule has 0 unspecified atom stereocenters. The number of amides is 1. The molecule has 0 radical (unpaired) electrons. The summed E-state index contributed by atoms with van der Waals surface area (Å²) in [4.78, 5) is 17.3. The number of ether oxygens (including phenoxy) is 1. The number of hydrogen-bond donors (Lipinski definition) is 1. The number of fused-ring (bicyclic) bond motifs is 1. The average molecular weight is 407 g/mol. The van der Waals surface area contributed by atoms with Crippen molar-refractivity contribution in [2.45, 2.75) is 13.8 Å². The molecule has 2 aromatic carbocycles. The smallest absolute Gasteiger partial charge is 0.258 e. The summed E-state index contributed by atoms with van der Waals surface area (Å²) in [5.41, 5.74) is 4.17. The minimum atomic E-state index is -0.313. The number of rotatable bonds is 4. The fraction of sp³-hybridized carbons (Fsp3) is 0.136. The van der Waals surface area contributed by atoms with Crippen molar-refractivity contribution >= 4 is 34.2 Å². The van der Waals surface area contributed by atoms with E-state index in [-0.39, 0.29) is 5.91 Å². The van der Waals surface area contributed by atoms with Crippen molar-refractivity contribution in [2.75, 3.05) is 12.4 Å². The van der Waals surface area contributed by atoms with Crippen molar-refractivity contribution < 1.29 is 9.53 Å². The minimum absolute atomic E-state index is 0.304. The molecule has 0 atom stereocenters. The quantitative estimate of drug-likeness (QED) is 0.520. The van der Waals surface area contributed by atoms with Gasteiger partial charge in [-0.15, -0.1) is 0 Å². The molecular weight excluding hydrogens is 388 g/mol. The molecule has 0 fully saturated rings. The van der Waals surface area contributed by atoms with E-state index in [4.69, 9.17) is 16.3 Å². The number of methoxy groups -OCH3 is 1. The van der Waals surface area contributed by atoms with Gasteiger partial charge in [0.2, 0.25) is 0 Å². The zero-order chi connectivity index (χ0) is 20.5. The number of carbonyl (C=O) groups excluding carboxylic acids is 1. The maximum atomic E-state index is 12.8. The van der Waals surface area contributed by atoms with Gasteiger partial charge in [0.15, 0.2) is 5.65 Å². The molecule has 0 aliphatic heterocycles. The predicted octanol–water partition coefficient (Wildman–Crippen LogP) is 4.95. The Morgan fingerprint density at radius 2 is 1.90 bits per heavy atom. The summed E-state index contributed by atoms with van der Waals surface area (Å²) in [6.07, 6.45) is 1.48. The first-order valence-electron chi connectivity index (χ1n) is 9.04. The zero-order valence-corrected chi connectivity index (χ0v) is 17.0. The Labute approximate surface area is 173 Å². The fourth-order valence-electron chi connectivity index (χ4n) is 3.19. The van der Waals surface area contributed by atoms with E-state index < -0.39 is 0 Å². The van der Waals surface area contributed by atoms with Crippen molar-refractivity contribution in [3.8, 4) is 11.4 Å². The van der Waals surface area contributed by atoms with Crippen LogP contribution in [0.4, 0.5) is 5.69 Å². The Bertz CT molecular complexity index is 1220. The molecule has 0 aliphatic rings. The van der Waals surface area contributed by atoms with Gasteiger partial charge in [-0.25, -0.2) is 9.67 Å². The maximum Gasteiger partial charge on any atom is 0.258 e. The molecule has 7 heteroatoms. The largest absolute Gasteiger partial charge is 0.497 e. The first-order chi connectivity index (χ1) is 14.0. The molecule has 0 spiro atoms. The van der Waals surface area contributed by atoms with Gasteiger partial charge in [-0.05, 0) is 55.8 Å². The molecule has 6 nitrogen and oxygen atoms in total. The van der Waals surface area contributed by atoms with Gasteiger partial charge < -0.3 is 10.1 Å². The lowest BCUT2D eigenvalue weighted by Gasteiger charge is -2.09. The Kier molecular flexibility index (Phi) is 4.94. The third kappa shape index (κ3) is 3.54. The van der Waals surface area contributed by atoms with Crippen LogP contribution < -0.4 is 10.1 Å². The number of nitrogens with one attached hydrogen (secondary N) is 1. The summed E-state index contributed by atoms with van der Waals surface area (Å²) in [6, 6.07) is 15.1. The number of halogens is 1. The van der Waals surface area contributed by atoms with Gasteiger partial charge in [-0.2, -0.15) is 5.10 Å². The number of carbonyl (C=O) groups is 1. The molecular formula is C22H19ClN4O2. The molecule has 0 saturated heterocycles. The Balaban J connectivity index is 1.74. The van der Waals surface area contributed by atoms with Crippen LogP contribution in [0.1, 0.15) is 21.6 Å². The highest BCUT2D eigenvalue weighted by Crippen LogP contribution is 2.30. The lowest BCUT2D eigenvalue weighted by Crippen LogP contribution is -2.13. The van der Waals surface area contributed by atoms with Crippen LogP contribution in [-0.4, -0.2) is 27.8 Å². The topological polar surface area (TPSA) is 69.0 Å². The monoisotopic (exact) mass is 406 g/mol. The summed E-state index contributed by atoms with van der Waals surface area (Å²) >= 11 is 6.61. The third-order valence-corrected chi connectivity index (χ3v) is 5.04. The van der Waals surface area contributed by atoms with Crippen molar-refractivity contribution in [2.24, 2.45) is 0 Å². The summed E-state index contributed by atoms with van der Waals surface area (Å²) in [5, 5.41) is 8.42.